The van der Waals surface area contributed by atoms with Gasteiger partial charge in [0.15, 0.2) is 0 Å². The van der Waals surface area contributed by atoms with E-state index in [4.69, 9.17) is 42.6 Å². The molecule has 0 aromatic heterocycles. The summed E-state index contributed by atoms with van der Waals surface area (Å²) in [5.74, 6) is -0.827. The maximum Gasteiger partial charge on any atom is 0.333 e. The average molecular weight is 511 g/mol. The summed E-state index contributed by atoms with van der Waals surface area (Å²) in [6.07, 6.45) is 0. The Morgan fingerprint density at radius 3 is 1.09 bits per heavy atom. The second-order valence-electron chi connectivity index (χ2n) is 6.83. The van der Waals surface area contributed by atoms with Gasteiger partial charge in [-0.05, 0) is 6.92 Å². The minimum atomic E-state index is -0.416. The minimum absolute atomic E-state index is 0.0727. The molecule has 0 aliphatic carbocycles. The first-order valence-electron chi connectivity index (χ1n) is 11.6. The lowest BCUT2D eigenvalue weighted by Crippen LogP contribution is -2.16. The monoisotopic (exact) mass is 510 g/mol. The first-order valence-corrected chi connectivity index (χ1v) is 11.6. The number of carbonyl (C=O) groups excluding carboxylic acids is 2. The topological polar surface area (TPSA) is 126 Å². The van der Waals surface area contributed by atoms with Gasteiger partial charge in [0.1, 0.15) is 13.2 Å². The van der Waals surface area contributed by atoms with Gasteiger partial charge in [0.25, 0.3) is 0 Å². The maximum atomic E-state index is 11.1. The van der Waals surface area contributed by atoms with Crippen molar-refractivity contribution in [2.24, 2.45) is 0 Å². The number of hydrogen-bond donors (Lipinski definition) is 0. The molecule has 0 N–H and O–H groups in total. The molecule has 12 nitrogen and oxygen atoms in total. The van der Waals surface area contributed by atoms with Crippen LogP contribution in [-0.2, 0) is 57.0 Å². The van der Waals surface area contributed by atoms with Gasteiger partial charge in [0, 0.05) is 5.57 Å². The molecule has 0 aliphatic rings. The molecule has 0 atom stereocenters. The summed E-state index contributed by atoms with van der Waals surface area (Å²) in [5, 5.41) is 0. The predicted molar refractivity (Wildman–Crippen MR) is 124 cm³/mol. The first-order chi connectivity index (χ1) is 17.1. The lowest BCUT2D eigenvalue weighted by Gasteiger charge is -2.09. The summed E-state index contributed by atoms with van der Waals surface area (Å²) in [6, 6.07) is 0. The summed E-state index contributed by atoms with van der Waals surface area (Å²) in [6.45, 7) is 11.8. The van der Waals surface area contributed by atoms with Crippen LogP contribution in [0.4, 0.5) is 0 Å². The largest absolute Gasteiger partial charge is 0.467 e. The van der Waals surface area contributed by atoms with Crippen LogP contribution in [0.25, 0.3) is 0 Å². The summed E-state index contributed by atoms with van der Waals surface area (Å²) >= 11 is 0. The molecule has 0 fully saturated rings. The molecule has 0 bridgehead atoms. The number of ether oxygens (including phenoxy) is 10. The molecule has 12 heteroatoms. The van der Waals surface area contributed by atoms with Gasteiger partial charge in [0.2, 0.25) is 0 Å². The Bertz CT molecular complexity index is 515. The molecule has 206 valence electrons. The zero-order valence-corrected chi connectivity index (χ0v) is 21.1. The highest BCUT2D eigenvalue weighted by molar-refractivity contribution is 5.86. The molecule has 0 spiro atoms. The van der Waals surface area contributed by atoms with Crippen molar-refractivity contribution in [3.63, 3.8) is 0 Å². The maximum absolute atomic E-state index is 11.1. The summed E-state index contributed by atoms with van der Waals surface area (Å²) in [5.41, 5.74) is 0.367. The van der Waals surface area contributed by atoms with Crippen LogP contribution in [0.3, 0.4) is 0 Å². The highest BCUT2D eigenvalue weighted by Crippen LogP contribution is 1.92. The first kappa shape index (κ1) is 33.4. The van der Waals surface area contributed by atoms with E-state index in [0.29, 0.717) is 105 Å². The molecule has 0 radical (unpaired) electrons. The van der Waals surface area contributed by atoms with Gasteiger partial charge in [-0.15, -0.1) is 0 Å². The third-order valence-electron chi connectivity index (χ3n) is 3.86. The van der Waals surface area contributed by atoms with E-state index in [1.54, 1.807) is 6.92 Å². The van der Waals surface area contributed by atoms with Crippen molar-refractivity contribution >= 4 is 11.9 Å². The molecule has 0 aromatic carbocycles. The number of esters is 2. The fourth-order valence-electron chi connectivity index (χ4n) is 2.07. The minimum Gasteiger partial charge on any atom is -0.467 e. The predicted octanol–water partition coefficient (Wildman–Crippen LogP) is 0.412. The van der Waals surface area contributed by atoms with Gasteiger partial charge < -0.3 is 47.4 Å². The van der Waals surface area contributed by atoms with Crippen LogP contribution in [0, 0.1) is 0 Å². The van der Waals surface area contributed by atoms with Gasteiger partial charge in [-0.3, -0.25) is 0 Å². The Balaban J connectivity index is 3.08. The number of carbonyl (C=O) groups is 2. The fourth-order valence-corrected chi connectivity index (χ4v) is 2.07. The van der Waals surface area contributed by atoms with Gasteiger partial charge in [-0.25, -0.2) is 9.59 Å². The van der Waals surface area contributed by atoms with Crippen molar-refractivity contribution in [1.29, 1.82) is 0 Å². The van der Waals surface area contributed by atoms with Gasteiger partial charge >= 0.3 is 11.9 Å². The van der Waals surface area contributed by atoms with Crippen molar-refractivity contribution in [2.75, 3.05) is 119 Å². The Kier molecular flexibility index (Phi) is 25.7. The average Bonchev–Trinajstić information content (AvgIpc) is 2.85. The van der Waals surface area contributed by atoms with E-state index < -0.39 is 11.9 Å². The van der Waals surface area contributed by atoms with Crippen LogP contribution in [0.15, 0.2) is 12.2 Å². The molecule has 35 heavy (non-hydrogen) atoms. The molecular weight excluding hydrogens is 468 g/mol. The third kappa shape index (κ3) is 26.8. The lowest BCUT2D eigenvalue weighted by molar-refractivity contribution is -0.146. The normalized spacial score (nSPS) is 10.9. The number of methoxy groups -OCH3 is 1. The molecule has 0 amide bonds. The van der Waals surface area contributed by atoms with Crippen LogP contribution in [0.5, 0.6) is 0 Å². The Hall–Kier alpha value is -1.64. The third-order valence-corrected chi connectivity index (χ3v) is 3.86. The molecule has 0 rings (SSSR count). The van der Waals surface area contributed by atoms with Crippen molar-refractivity contribution in [3.8, 4) is 0 Å². The van der Waals surface area contributed by atoms with Crippen LogP contribution < -0.4 is 0 Å². The number of hydrogen-bond acceptors (Lipinski definition) is 12. The molecule has 0 unspecified atom stereocenters. The van der Waals surface area contributed by atoms with E-state index in [-0.39, 0.29) is 13.2 Å². The van der Waals surface area contributed by atoms with E-state index in [1.807, 2.05) is 0 Å². The SMILES string of the molecule is C=C(C)C(=O)OCCOCCOCCOCCOCCOCCOCCOCCOCC(=O)OC. The summed E-state index contributed by atoms with van der Waals surface area (Å²) < 4.78 is 51.9. The van der Waals surface area contributed by atoms with E-state index in [1.165, 1.54) is 7.11 Å². The van der Waals surface area contributed by atoms with Crippen molar-refractivity contribution in [1.82, 2.24) is 0 Å². The molecule has 0 saturated carbocycles. The molecule has 0 aromatic rings. The highest BCUT2D eigenvalue weighted by atomic mass is 16.6. The van der Waals surface area contributed by atoms with Gasteiger partial charge in [0.05, 0.1) is 106 Å². The number of rotatable bonds is 27. The molecule has 0 aliphatic heterocycles. The van der Waals surface area contributed by atoms with Gasteiger partial charge in [-0.2, -0.15) is 0 Å². The molecule has 0 saturated heterocycles. The van der Waals surface area contributed by atoms with E-state index in [2.05, 4.69) is 11.3 Å². The van der Waals surface area contributed by atoms with Crippen molar-refractivity contribution < 1.29 is 57.0 Å². The lowest BCUT2D eigenvalue weighted by atomic mass is 10.4. The van der Waals surface area contributed by atoms with E-state index >= 15 is 0 Å². The van der Waals surface area contributed by atoms with Crippen LogP contribution in [0.1, 0.15) is 6.92 Å². The second-order valence-corrected chi connectivity index (χ2v) is 6.83. The highest BCUT2D eigenvalue weighted by Gasteiger charge is 2.02. The van der Waals surface area contributed by atoms with Crippen LogP contribution >= 0.6 is 0 Å². The fraction of sp³-hybridized carbons (Fsp3) is 0.826. The van der Waals surface area contributed by atoms with Crippen LogP contribution in [0.2, 0.25) is 0 Å². The van der Waals surface area contributed by atoms with E-state index in [9.17, 15) is 9.59 Å². The Morgan fingerprint density at radius 2 is 0.800 bits per heavy atom. The summed E-state index contributed by atoms with van der Waals surface area (Å²) in [4.78, 5) is 22.0. The Morgan fingerprint density at radius 1 is 0.514 bits per heavy atom. The molecular formula is C23H42O12. The van der Waals surface area contributed by atoms with Gasteiger partial charge in [-0.1, -0.05) is 6.58 Å². The standard InChI is InChI=1S/C23H42O12/c1-21(2)23(25)35-19-18-33-15-14-31-11-10-29-7-6-27-4-5-28-8-9-30-12-13-32-16-17-34-20-22(24)26-3/h1,4-20H2,2-3H3. The summed E-state index contributed by atoms with van der Waals surface area (Å²) in [7, 11) is 1.31. The van der Waals surface area contributed by atoms with Crippen molar-refractivity contribution in [2.45, 2.75) is 6.92 Å². The quantitative estimate of drug-likeness (QED) is 0.0863. The zero-order valence-electron chi connectivity index (χ0n) is 21.1. The Labute approximate surface area is 208 Å². The van der Waals surface area contributed by atoms with Crippen LogP contribution in [-0.4, -0.2) is 131 Å². The molecule has 0 heterocycles. The smallest absolute Gasteiger partial charge is 0.333 e. The zero-order chi connectivity index (χ0) is 25.8. The van der Waals surface area contributed by atoms with Crippen molar-refractivity contribution in [3.05, 3.63) is 12.2 Å². The van der Waals surface area contributed by atoms with E-state index in [0.717, 1.165) is 0 Å². The second kappa shape index (κ2) is 27.0.